The van der Waals surface area contributed by atoms with Crippen molar-refractivity contribution in [3.63, 3.8) is 0 Å². The summed E-state index contributed by atoms with van der Waals surface area (Å²) in [6, 6.07) is 82.2. The van der Waals surface area contributed by atoms with Crippen molar-refractivity contribution in [1.82, 2.24) is 9.13 Å². The van der Waals surface area contributed by atoms with Crippen LogP contribution in [0.4, 0.5) is 28.4 Å². The Kier molecular flexibility index (Phi) is 9.51. The van der Waals surface area contributed by atoms with Gasteiger partial charge in [0.1, 0.15) is 0 Å². The Balaban J connectivity index is 1.16. The van der Waals surface area contributed by atoms with Crippen LogP contribution in [0.1, 0.15) is 6.92 Å². The lowest BCUT2D eigenvalue weighted by atomic mass is 9.98. The highest BCUT2D eigenvalue weighted by Crippen LogP contribution is 2.56. The Morgan fingerprint density at radius 3 is 1.41 bits per heavy atom. The molecule has 0 saturated heterocycles. The first-order valence-electron chi connectivity index (χ1n) is 23.7. The molecule has 4 heterocycles. The van der Waals surface area contributed by atoms with E-state index in [4.69, 9.17) is 0 Å². The largest absolute Gasteiger partial charge is 0.309 e. The van der Waals surface area contributed by atoms with E-state index in [1.807, 2.05) is 6.08 Å². The molecule has 4 heteroatoms. The Morgan fingerprint density at radius 2 is 0.841 bits per heavy atom. The molecule has 69 heavy (non-hydrogen) atoms. The van der Waals surface area contributed by atoms with Gasteiger partial charge in [-0.2, -0.15) is 0 Å². The summed E-state index contributed by atoms with van der Waals surface area (Å²) in [5.74, 6) is 0. The van der Waals surface area contributed by atoms with Gasteiger partial charge in [-0.25, -0.2) is 0 Å². The number of para-hydroxylation sites is 7. The van der Waals surface area contributed by atoms with Gasteiger partial charge in [0, 0.05) is 66.9 Å². The third kappa shape index (κ3) is 6.23. The molecule has 2 aromatic heterocycles. The lowest BCUT2D eigenvalue weighted by Crippen LogP contribution is -2.16. The van der Waals surface area contributed by atoms with Gasteiger partial charge in [-0.15, -0.1) is 0 Å². The van der Waals surface area contributed by atoms with Crippen molar-refractivity contribution >= 4 is 50.2 Å². The number of anilines is 5. The molecule has 2 aliphatic heterocycles. The molecular weight excluding hydrogens is 837 g/mol. The molecule has 0 unspecified atom stereocenters. The van der Waals surface area contributed by atoms with E-state index in [1.54, 1.807) is 0 Å². The van der Waals surface area contributed by atoms with Gasteiger partial charge in [0.2, 0.25) is 0 Å². The van der Waals surface area contributed by atoms with E-state index in [2.05, 4.69) is 275 Å². The zero-order valence-electron chi connectivity index (χ0n) is 38.2. The smallest absolute Gasteiger partial charge is 0.0641 e. The summed E-state index contributed by atoms with van der Waals surface area (Å²) >= 11 is 0. The number of hydrogen-bond donors (Lipinski definition) is 0. The average molecular weight is 883 g/mol. The molecular formula is C65H46N4. The number of rotatable bonds is 7. The number of fused-ring (bicyclic) bond motifs is 14. The third-order valence-electron chi connectivity index (χ3n) is 13.8. The van der Waals surface area contributed by atoms with Crippen LogP contribution in [0, 0.1) is 0 Å². The first-order chi connectivity index (χ1) is 34.2. The summed E-state index contributed by atoms with van der Waals surface area (Å²) < 4.78 is 5.06. The molecule has 11 aromatic rings. The van der Waals surface area contributed by atoms with E-state index in [0.717, 1.165) is 95.7 Å². The molecule has 0 amide bonds. The van der Waals surface area contributed by atoms with Gasteiger partial charge in [0.25, 0.3) is 0 Å². The Labute approximate surface area is 402 Å². The van der Waals surface area contributed by atoms with Crippen LogP contribution in [0.3, 0.4) is 0 Å². The molecule has 326 valence electrons. The molecule has 0 spiro atoms. The highest BCUT2D eigenvalue weighted by atomic mass is 15.2. The number of hydrogen-bond acceptors (Lipinski definition) is 2. The zero-order valence-corrected chi connectivity index (χ0v) is 38.2. The van der Waals surface area contributed by atoms with Gasteiger partial charge in [0.05, 0.1) is 45.2 Å². The first kappa shape index (κ1) is 40.2. The molecule has 0 aliphatic carbocycles. The van der Waals surface area contributed by atoms with E-state index >= 15 is 0 Å². The predicted octanol–water partition coefficient (Wildman–Crippen LogP) is 17.8. The Morgan fingerprint density at radius 1 is 0.406 bits per heavy atom. The molecule has 9 aromatic carbocycles. The maximum Gasteiger partial charge on any atom is 0.0641 e. The molecule has 13 rings (SSSR count). The summed E-state index contributed by atoms with van der Waals surface area (Å²) in [5, 5.41) is 2.39. The topological polar surface area (TPSA) is 16.3 Å². The summed E-state index contributed by atoms with van der Waals surface area (Å²) in [4.78, 5) is 4.83. The number of benzene rings is 9. The van der Waals surface area contributed by atoms with Crippen molar-refractivity contribution in [2.75, 3.05) is 9.80 Å². The maximum absolute atomic E-state index is 4.15. The maximum atomic E-state index is 4.15. The van der Waals surface area contributed by atoms with Gasteiger partial charge >= 0.3 is 0 Å². The zero-order chi connectivity index (χ0) is 46.0. The highest BCUT2D eigenvalue weighted by molar-refractivity contribution is 6.14. The van der Waals surface area contributed by atoms with Gasteiger partial charge in [-0.3, -0.25) is 0 Å². The summed E-state index contributed by atoms with van der Waals surface area (Å²) in [6.07, 6.45) is 8.26. The standard InChI is InChI=1S/C65H46N4/c1-3-23-46(24-4-2)66-56-35-17-11-29-50(56)62-52-31-13-19-37-58(52)68(64(62)54-33-15-21-39-60(54)66)48-41-45(44-25-7-5-8-26-44)42-49(43-48)69-59-38-20-14-32-53(59)63-51-30-12-18-36-57(51)67(47-27-9-6-10-28-47)61-40-22-16-34-55(61)65(63)69/h3-43H,1H2,2H3/b24-4-,46-23+. The van der Waals surface area contributed by atoms with E-state index in [1.165, 1.54) is 27.5 Å². The first-order valence-corrected chi connectivity index (χ1v) is 23.7. The van der Waals surface area contributed by atoms with Crippen molar-refractivity contribution in [3.8, 4) is 67.3 Å². The van der Waals surface area contributed by atoms with Crippen molar-refractivity contribution in [3.05, 3.63) is 261 Å². The minimum Gasteiger partial charge on any atom is -0.309 e. The van der Waals surface area contributed by atoms with E-state index in [9.17, 15) is 0 Å². The van der Waals surface area contributed by atoms with Crippen molar-refractivity contribution in [1.29, 1.82) is 0 Å². The second-order valence-corrected chi connectivity index (χ2v) is 17.7. The molecule has 0 saturated carbocycles. The minimum absolute atomic E-state index is 1.04. The fraction of sp³-hybridized carbons (Fsp3) is 0.0154. The van der Waals surface area contributed by atoms with Gasteiger partial charge < -0.3 is 18.9 Å². The van der Waals surface area contributed by atoms with Crippen molar-refractivity contribution < 1.29 is 0 Å². The van der Waals surface area contributed by atoms with Crippen molar-refractivity contribution in [2.24, 2.45) is 0 Å². The second-order valence-electron chi connectivity index (χ2n) is 17.7. The number of allylic oxidation sites excluding steroid dienone is 4. The number of aromatic nitrogens is 2. The normalized spacial score (nSPS) is 12.7. The third-order valence-corrected chi connectivity index (χ3v) is 13.8. The molecule has 2 aliphatic rings. The van der Waals surface area contributed by atoms with Crippen LogP contribution in [0.2, 0.25) is 0 Å². The summed E-state index contributed by atoms with van der Waals surface area (Å²) in [6.45, 7) is 6.22. The SMILES string of the molecule is C=C/C=C(\C=C/C)N1c2ccccc2-c2c(n(-c3cc(-c4ccccc4)cc(-n4c5c(c6ccccc64)-c4ccccc4N(c4ccccc4)c4ccccc4-5)c3)c3ccccc23)-c2ccccc21. The molecule has 0 fully saturated rings. The monoisotopic (exact) mass is 882 g/mol. The minimum atomic E-state index is 1.04. The van der Waals surface area contributed by atoms with E-state index in [-0.39, 0.29) is 0 Å². The lowest BCUT2D eigenvalue weighted by Gasteiger charge is -2.28. The molecule has 4 nitrogen and oxygen atoms in total. The highest BCUT2D eigenvalue weighted by Gasteiger charge is 2.34. The molecule has 0 bridgehead atoms. The molecule has 0 N–H and O–H groups in total. The van der Waals surface area contributed by atoms with Crippen LogP contribution < -0.4 is 9.80 Å². The van der Waals surface area contributed by atoms with Gasteiger partial charge in [0.15, 0.2) is 0 Å². The summed E-state index contributed by atoms with van der Waals surface area (Å²) in [5.41, 5.74) is 22.7. The van der Waals surface area contributed by atoms with Gasteiger partial charge in [-0.1, -0.05) is 176 Å². The quantitative estimate of drug-likeness (QED) is 0.148. The second kappa shape index (κ2) is 16.3. The van der Waals surface area contributed by atoms with Crippen LogP contribution in [0.5, 0.6) is 0 Å². The van der Waals surface area contributed by atoms with E-state index < -0.39 is 0 Å². The van der Waals surface area contributed by atoms with Crippen molar-refractivity contribution in [2.45, 2.75) is 6.92 Å². The van der Waals surface area contributed by atoms with Gasteiger partial charge in [-0.05, 0) is 96.9 Å². The van der Waals surface area contributed by atoms with Crippen LogP contribution in [0.15, 0.2) is 261 Å². The fourth-order valence-corrected chi connectivity index (χ4v) is 11.1. The van der Waals surface area contributed by atoms with Crippen LogP contribution >= 0.6 is 0 Å². The van der Waals surface area contributed by atoms with Crippen LogP contribution in [0.25, 0.3) is 89.1 Å². The molecule has 0 radical (unpaired) electrons. The fourth-order valence-electron chi connectivity index (χ4n) is 11.1. The predicted molar refractivity (Wildman–Crippen MR) is 291 cm³/mol. The number of nitrogens with zero attached hydrogens (tertiary/aromatic N) is 4. The molecule has 0 atom stereocenters. The van der Waals surface area contributed by atoms with E-state index in [0.29, 0.717) is 0 Å². The van der Waals surface area contributed by atoms with Crippen LogP contribution in [-0.2, 0) is 0 Å². The Bertz CT molecular complexity index is 3880. The average Bonchev–Trinajstić information content (AvgIpc) is 3.85. The lowest BCUT2D eigenvalue weighted by molar-refractivity contribution is 1.09. The summed E-state index contributed by atoms with van der Waals surface area (Å²) in [7, 11) is 0. The van der Waals surface area contributed by atoms with Crippen LogP contribution in [-0.4, -0.2) is 9.13 Å². The Hall–Kier alpha value is -9.12.